The molecule has 1 fully saturated rings. The molecule has 0 aliphatic heterocycles. The Hall–Kier alpha value is -0.900. The van der Waals surface area contributed by atoms with E-state index in [2.05, 4.69) is 6.92 Å². The SMILES string of the molecule is CCOC(=O)C(C(=O)C1(OC)CCCC(C)C1)C(C)C. The third-order valence-corrected chi connectivity index (χ3v) is 4.29. The fourth-order valence-electron chi connectivity index (χ4n) is 3.21. The van der Waals surface area contributed by atoms with E-state index in [0.717, 1.165) is 12.8 Å². The van der Waals surface area contributed by atoms with Gasteiger partial charge in [0.25, 0.3) is 0 Å². The van der Waals surface area contributed by atoms with Crippen LogP contribution in [0.3, 0.4) is 0 Å². The molecule has 0 bridgehead atoms. The predicted octanol–water partition coefficient (Wildman–Crippen LogP) is 2.99. The smallest absolute Gasteiger partial charge is 0.316 e. The highest BCUT2D eigenvalue weighted by Crippen LogP contribution is 2.38. The molecule has 116 valence electrons. The van der Waals surface area contributed by atoms with Crippen molar-refractivity contribution in [1.29, 1.82) is 0 Å². The summed E-state index contributed by atoms with van der Waals surface area (Å²) >= 11 is 0. The van der Waals surface area contributed by atoms with Gasteiger partial charge in [-0.3, -0.25) is 9.59 Å². The van der Waals surface area contributed by atoms with Gasteiger partial charge in [0.1, 0.15) is 11.5 Å². The lowest BCUT2D eigenvalue weighted by molar-refractivity contribution is -0.165. The van der Waals surface area contributed by atoms with Crippen LogP contribution in [0.15, 0.2) is 0 Å². The van der Waals surface area contributed by atoms with Crippen LogP contribution in [0.25, 0.3) is 0 Å². The summed E-state index contributed by atoms with van der Waals surface area (Å²) in [6.07, 6.45) is 3.48. The molecule has 0 saturated heterocycles. The van der Waals surface area contributed by atoms with E-state index in [1.165, 1.54) is 0 Å². The molecule has 1 rings (SSSR count). The normalized spacial score (nSPS) is 28.2. The van der Waals surface area contributed by atoms with Crippen molar-refractivity contribution in [2.45, 2.75) is 59.0 Å². The summed E-state index contributed by atoms with van der Waals surface area (Å²) in [4.78, 5) is 25.0. The minimum Gasteiger partial charge on any atom is -0.465 e. The first-order chi connectivity index (χ1) is 9.38. The first kappa shape index (κ1) is 17.2. The van der Waals surface area contributed by atoms with Crippen molar-refractivity contribution in [3.8, 4) is 0 Å². The van der Waals surface area contributed by atoms with Crippen LogP contribution in [0.1, 0.15) is 53.4 Å². The zero-order valence-electron chi connectivity index (χ0n) is 13.4. The standard InChI is InChI=1S/C16H28O4/c1-6-20-15(18)13(11(2)3)14(17)16(19-5)9-7-8-12(4)10-16/h11-13H,6-10H2,1-5H3. The molecule has 0 aromatic heterocycles. The Kier molecular flexibility index (Phi) is 6.18. The van der Waals surface area contributed by atoms with Crippen molar-refractivity contribution in [3.63, 3.8) is 0 Å². The van der Waals surface area contributed by atoms with E-state index in [-0.39, 0.29) is 11.7 Å². The maximum absolute atomic E-state index is 12.9. The minimum absolute atomic E-state index is 0.0780. The number of methoxy groups -OCH3 is 1. The largest absolute Gasteiger partial charge is 0.465 e. The number of ether oxygens (including phenoxy) is 2. The van der Waals surface area contributed by atoms with Crippen molar-refractivity contribution in [1.82, 2.24) is 0 Å². The number of carbonyl (C=O) groups excluding carboxylic acids is 2. The van der Waals surface area contributed by atoms with Gasteiger partial charge in [0.15, 0.2) is 5.78 Å². The molecule has 4 heteroatoms. The van der Waals surface area contributed by atoms with Crippen LogP contribution in [0.5, 0.6) is 0 Å². The highest BCUT2D eigenvalue weighted by atomic mass is 16.5. The topological polar surface area (TPSA) is 52.6 Å². The van der Waals surface area contributed by atoms with Crippen LogP contribution < -0.4 is 0 Å². The highest BCUT2D eigenvalue weighted by molar-refractivity contribution is 6.03. The van der Waals surface area contributed by atoms with Gasteiger partial charge < -0.3 is 9.47 Å². The van der Waals surface area contributed by atoms with Gasteiger partial charge in [0.2, 0.25) is 0 Å². The van der Waals surface area contributed by atoms with Crippen LogP contribution in [-0.4, -0.2) is 31.1 Å². The molecule has 0 spiro atoms. The van der Waals surface area contributed by atoms with E-state index < -0.39 is 17.5 Å². The number of esters is 1. The summed E-state index contributed by atoms with van der Waals surface area (Å²) in [5, 5.41) is 0. The Morgan fingerprint density at radius 3 is 2.45 bits per heavy atom. The Morgan fingerprint density at radius 1 is 1.35 bits per heavy atom. The van der Waals surface area contributed by atoms with E-state index in [1.54, 1.807) is 14.0 Å². The lowest BCUT2D eigenvalue weighted by Gasteiger charge is -2.39. The maximum Gasteiger partial charge on any atom is 0.316 e. The van der Waals surface area contributed by atoms with E-state index in [0.29, 0.717) is 25.4 Å². The van der Waals surface area contributed by atoms with Gasteiger partial charge in [-0.1, -0.05) is 27.2 Å². The lowest BCUT2D eigenvalue weighted by Crippen LogP contribution is -2.51. The predicted molar refractivity (Wildman–Crippen MR) is 77.3 cm³/mol. The molecule has 0 N–H and O–H groups in total. The third kappa shape index (κ3) is 3.60. The molecule has 1 aliphatic rings. The first-order valence-electron chi connectivity index (χ1n) is 7.64. The summed E-state index contributed by atoms with van der Waals surface area (Å²) in [6.45, 7) is 7.96. The molecule has 0 radical (unpaired) electrons. The van der Waals surface area contributed by atoms with Crippen molar-refractivity contribution in [2.75, 3.05) is 13.7 Å². The van der Waals surface area contributed by atoms with Gasteiger partial charge in [0, 0.05) is 7.11 Å². The van der Waals surface area contributed by atoms with E-state index in [4.69, 9.17) is 9.47 Å². The molecular formula is C16H28O4. The Labute approximate surface area is 122 Å². The fourth-order valence-corrected chi connectivity index (χ4v) is 3.21. The molecule has 1 aliphatic carbocycles. The van der Waals surface area contributed by atoms with Gasteiger partial charge >= 0.3 is 5.97 Å². The van der Waals surface area contributed by atoms with E-state index in [9.17, 15) is 9.59 Å². The molecule has 4 nitrogen and oxygen atoms in total. The molecule has 20 heavy (non-hydrogen) atoms. The number of carbonyl (C=O) groups is 2. The van der Waals surface area contributed by atoms with Crippen molar-refractivity contribution < 1.29 is 19.1 Å². The Bertz CT molecular complexity index is 350. The molecule has 0 aromatic rings. The molecular weight excluding hydrogens is 256 g/mol. The van der Waals surface area contributed by atoms with Crippen molar-refractivity contribution in [2.24, 2.45) is 17.8 Å². The number of ketones is 1. The lowest BCUT2D eigenvalue weighted by atomic mass is 9.71. The summed E-state index contributed by atoms with van der Waals surface area (Å²) in [5.41, 5.74) is -0.806. The van der Waals surface area contributed by atoms with Gasteiger partial charge in [-0.15, -0.1) is 0 Å². The summed E-state index contributed by atoms with van der Waals surface area (Å²) < 4.78 is 10.7. The van der Waals surface area contributed by atoms with Crippen LogP contribution in [0, 0.1) is 17.8 Å². The average molecular weight is 284 g/mol. The van der Waals surface area contributed by atoms with Crippen LogP contribution >= 0.6 is 0 Å². The van der Waals surface area contributed by atoms with Gasteiger partial charge in [-0.2, -0.15) is 0 Å². The number of hydrogen-bond donors (Lipinski definition) is 0. The molecule has 0 aromatic carbocycles. The zero-order chi connectivity index (χ0) is 15.3. The monoisotopic (exact) mass is 284 g/mol. The van der Waals surface area contributed by atoms with Crippen LogP contribution in [0.4, 0.5) is 0 Å². The fraction of sp³-hybridized carbons (Fsp3) is 0.875. The molecule has 1 saturated carbocycles. The molecule has 3 atom stereocenters. The molecule has 0 amide bonds. The highest BCUT2D eigenvalue weighted by Gasteiger charge is 2.48. The first-order valence-corrected chi connectivity index (χ1v) is 7.64. The zero-order valence-corrected chi connectivity index (χ0v) is 13.4. The maximum atomic E-state index is 12.9. The van der Waals surface area contributed by atoms with Crippen molar-refractivity contribution >= 4 is 11.8 Å². The van der Waals surface area contributed by atoms with Crippen LogP contribution in [0.2, 0.25) is 0 Å². The van der Waals surface area contributed by atoms with E-state index in [1.807, 2.05) is 13.8 Å². The minimum atomic E-state index is -0.806. The van der Waals surface area contributed by atoms with Crippen LogP contribution in [-0.2, 0) is 19.1 Å². The van der Waals surface area contributed by atoms with Gasteiger partial charge in [0.05, 0.1) is 6.61 Å². The number of hydrogen-bond acceptors (Lipinski definition) is 4. The Morgan fingerprint density at radius 2 is 2.00 bits per heavy atom. The van der Waals surface area contributed by atoms with Crippen molar-refractivity contribution in [3.05, 3.63) is 0 Å². The third-order valence-electron chi connectivity index (χ3n) is 4.29. The summed E-state index contributed by atoms with van der Waals surface area (Å²) in [5.74, 6) is -0.865. The van der Waals surface area contributed by atoms with Gasteiger partial charge in [-0.05, 0) is 38.0 Å². The average Bonchev–Trinajstić information content (AvgIpc) is 2.38. The van der Waals surface area contributed by atoms with Gasteiger partial charge in [-0.25, -0.2) is 0 Å². The number of Topliss-reactive ketones (excluding diaryl/α,β-unsaturated/α-hetero) is 1. The quantitative estimate of drug-likeness (QED) is 0.556. The second-order valence-electron chi connectivity index (χ2n) is 6.24. The second-order valence-corrected chi connectivity index (χ2v) is 6.24. The summed E-state index contributed by atoms with van der Waals surface area (Å²) in [7, 11) is 1.58. The molecule has 3 unspecified atom stereocenters. The van der Waals surface area contributed by atoms with E-state index >= 15 is 0 Å². The summed E-state index contributed by atoms with van der Waals surface area (Å²) in [6, 6.07) is 0. The Balaban J connectivity index is 2.99. The number of rotatable bonds is 6. The second kappa shape index (κ2) is 7.21. The molecule has 0 heterocycles.